The molecule has 0 spiro atoms. The van der Waals surface area contributed by atoms with E-state index in [1.165, 1.54) is 17.0 Å². The Morgan fingerprint density at radius 1 is 1.12 bits per heavy atom. The summed E-state index contributed by atoms with van der Waals surface area (Å²) < 4.78 is 5.34. The van der Waals surface area contributed by atoms with Crippen LogP contribution in [-0.4, -0.2) is 64.2 Å². The number of carbonyl (C=O) groups excluding carboxylic acids is 3. The summed E-state index contributed by atoms with van der Waals surface area (Å²) in [6, 6.07) is 4.32. The fraction of sp³-hybridized carbons (Fsp3) is 0.609. The topological polar surface area (TPSA) is 108 Å². The molecule has 180 valence electrons. The van der Waals surface area contributed by atoms with Crippen molar-refractivity contribution in [2.24, 2.45) is 0 Å². The lowest BCUT2D eigenvalue weighted by Gasteiger charge is -2.34. The second-order valence-corrected chi connectivity index (χ2v) is 9.75. The van der Waals surface area contributed by atoms with Crippen molar-refractivity contribution in [1.29, 1.82) is 0 Å². The monoisotopic (exact) mass is 467 g/mol. The molecule has 0 heterocycles. The van der Waals surface area contributed by atoms with Gasteiger partial charge in [0.05, 0.1) is 0 Å². The van der Waals surface area contributed by atoms with Crippen LogP contribution in [0.3, 0.4) is 0 Å². The number of alkyl carbamates (subject to hydrolysis) is 1. The molecule has 3 N–H and O–H groups in total. The zero-order chi connectivity index (χ0) is 24.5. The van der Waals surface area contributed by atoms with Crippen LogP contribution in [0.5, 0.6) is 5.75 Å². The molecule has 0 fully saturated rings. The Balaban J connectivity index is 3.28. The minimum Gasteiger partial charge on any atom is -0.508 e. The number of aromatic hydroxyl groups is 1. The van der Waals surface area contributed by atoms with Gasteiger partial charge in [0.1, 0.15) is 23.4 Å². The van der Waals surface area contributed by atoms with Crippen LogP contribution in [0, 0.1) is 0 Å². The van der Waals surface area contributed by atoms with E-state index in [4.69, 9.17) is 4.74 Å². The van der Waals surface area contributed by atoms with Crippen LogP contribution in [0.25, 0.3) is 0 Å². The third kappa shape index (κ3) is 8.98. The highest BCUT2D eigenvalue weighted by atomic mass is 32.2. The zero-order valence-electron chi connectivity index (χ0n) is 20.1. The zero-order valence-corrected chi connectivity index (χ0v) is 20.9. The van der Waals surface area contributed by atoms with E-state index in [1.807, 2.05) is 20.1 Å². The maximum absolute atomic E-state index is 13.6. The third-order valence-corrected chi connectivity index (χ3v) is 5.07. The van der Waals surface area contributed by atoms with Gasteiger partial charge in [-0.25, -0.2) is 4.79 Å². The first-order chi connectivity index (χ1) is 14.9. The van der Waals surface area contributed by atoms with Crippen LogP contribution in [0.2, 0.25) is 0 Å². The van der Waals surface area contributed by atoms with Gasteiger partial charge < -0.3 is 25.4 Å². The first-order valence-corrected chi connectivity index (χ1v) is 12.2. The van der Waals surface area contributed by atoms with Crippen molar-refractivity contribution < 1.29 is 24.2 Å². The van der Waals surface area contributed by atoms with Crippen LogP contribution >= 0.6 is 11.8 Å². The minimum absolute atomic E-state index is 0.0654. The number of phenols is 1. The number of benzene rings is 1. The van der Waals surface area contributed by atoms with E-state index in [-0.39, 0.29) is 30.2 Å². The summed E-state index contributed by atoms with van der Waals surface area (Å²) in [5.41, 5.74) is -0.134. The van der Waals surface area contributed by atoms with Crippen LogP contribution in [0.4, 0.5) is 4.79 Å². The largest absolute Gasteiger partial charge is 0.508 e. The van der Waals surface area contributed by atoms with Gasteiger partial charge in [-0.1, -0.05) is 12.1 Å². The molecule has 32 heavy (non-hydrogen) atoms. The number of thioether (sulfide) groups is 1. The molecule has 0 radical (unpaired) electrons. The maximum atomic E-state index is 13.6. The van der Waals surface area contributed by atoms with Crippen molar-refractivity contribution in [2.45, 2.75) is 71.7 Å². The fourth-order valence-corrected chi connectivity index (χ4v) is 3.57. The molecule has 0 bridgehead atoms. The number of nitrogens with zero attached hydrogens (tertiary/aromatic N) is 1. The predicted octanol–water partition coefficient (Wildman–Crippen LogP) is 3.45. The Hall–Kier alpha value is -2.42. The standard InChI is InChI=1S/C23H37N3O5S/c1-8-26(19(20(28)24-15(2)3)16-9-11-17(27)12-10-16)21(29)18(13-14-32-7)25-22(30)31-23(4,5)6/h9-12,15,18-19,27H,8,13-14H2,1-7H3,(H,24,28)(H,25,30). The van der Waals surface area contributed by atoms with E-state index in [1.54, 1.807) is 51.6 Å². The minimum atomic E-state index is -0.910. The van der Waals surface area contributed by atoms with Gasteiger partial charge in [0.25, 0.3) is 0 Å². The molecular formula is C23H37N3O5S. The van der Waals surface area contributed by atoms with Crippen molar-refractivity contribution >= 4 is 29.7 Å². The van der Waals surface area contributed by atoms with Crippen molar-refractivity contribution in [1.82, 2.24) is 15.5 Å². The molecule has 0 saturated heterocycles. The first-order valence-electron chi connectivity index (χ1n) is 10.8. The Morgan fingerprint density at radius 2 is 1.72 bits per heavy atom. The van der Waals surface area contributed by atoms with E-state index in [0.717, 1.165) is 0 Å². The molecule has 0 aliphatic heterocycles. The summed E-state index contributed by atoms with van der Waals surface area (Å²) >= 11 is 1.56. The van der Waals surface area contributed by atoms with Crippen LogP contribution < -0.4 is 10.6 Å². The van der Waals surface area contributed by atoms with Crippen molar-refractivity contribution in [2.75, 3.05) is 18.6 Å². The lowest BCUT2D eigenvalue weighted by Crippen LogP contribution is -2.53. The first kappa shape index (κ1) is 27.6. The van der Waals surface area contributed by atoms with E-state index in [0.29, 0.717) is 17.7 Å². The predicted molar refractivity (Wildman–Crippen MR) is 128 cm³/mol. The Kier molecular flexibility index (Phi) is 10.9. The molecule has 1 aromatic rings. The number of likely N-dealkylation sites (N-methyl/N-ethyl adjacent to an activating group) is 1. The van der Waals surface area contributed by atoms with Crippen molar-refractivity contribution in [3.8, 4) is 5.75 Å². The quantitative estimate of drug-likeness (QED) is 0.486. The average Bonchev–Trinajstić information content (AvgIpc) is 2.67. The molecule has 8 nitrogen and oxygen atoms in total. The maximum Gasteiger partial charge on any atom is 0.408 e. The smallest absolute Gasteiger partial charge is 0.408 e. The van der Waals surface area contributed by atoms with Gasteiger partial charge in [-0.15, -0.1) is 0 Å². The Morgan fingerprint density at radius 3 is 2.19 bits per heavy atom. The molecular weight excluding hydrogens is 430 g/mol. The van der Waals surface area contributed by atoms with Gasteiger partial charge >= 0.3 is 6.09 Å². The molecule has 0 aliphatic rings. The van der Waals surface area contributed by atoms with Crippen LogP contribution in [-0.2, 0) is 14.3 Å². The van der Waals surface area contributed by atoms with Gasteiger partial charge in [0.15, 0.2) is 0 Å². The molecule has 1 rings (SSSR count). The fourth-order valence-electron chi connectivity index (χ4n) is 3.10. The highest BCUT2D eigenvalue weighted by Gasteiger charge is 2.35. The van der Waals surface area contributed by atoms with Gasteiger partial charge in [0, 0.05) is 12.6 Å². The Labute approximate surface area is 195 Å². The molecule has 0 saturated carbocycles. The van der Waals surface area contributed by atoms with E-state index in [9.17, 15) is 19.5 Å². The molecule has 2 unspecified atom stereocenters. The number of amides is 3. The molecule has 2 atom stereocenters. The highest BCUT2D eigenvalue weighted by molar-refractivity contribution is 7.98. The van der Waals surface area contributed by atoms with Gasteiger partial charge in [-0.05, 0) is 77.7 Å². The molecule has 0 aliphatic carbocycles. The molecule has 3 amide bonds. The lowest BCUT2D eigenvalue weighted by molar-refractivity contribution is -0.142. The summed E-state index contributed by atoms with van der Waals surface area (Å²) in [7, 11) is 0. The Bertz CT molecular complexity index is 762. The molecule has 1 aromatic carbocycles. The summed E-state index contributed by atoms with van der Waals surface area (Å²) in [6.45, 7) is 11.0. The number of ether oxygens (including phenoxy) is 1. The molecule has 9 heteroatoms. The van der Waals surface area contributed by atoms with Crippen molar-refractivity contribution in [3.05, 3.63) is 29.8 Å². The summed E-state index contributed by atoms with van der Waals surface area (Å²) in [4.78, 5) is 40.5. The normalized spacial score (nSPS) is 13.2. The number of hydrogen-bond donors (Lipinski definition) is 3. The lowest BCUT2D eigenvalue weighted by atomic mass is 10.0. The summed E-state index contributed by atoms with van der Waals surface area (Å²) in [6.07, 6.45) is 1.63. The number of nitrogens with one attached hydrogen (secondary N) is 2. The summed E-state index contributed by atoms with van der Waals surface area (Å²) in [5.74, 6) is 0.00740. The summed E-state index contributed by atoms with van der Waals surface area (Å²) in [5, 5.41) is 15.2. The van der Waals surface area contributed by atoms with E-state index in [2.05, 4.69) is 10.6 Å². The second kappa shape index (κ2) is 12.6. The number of rotatable bonds is 10. The van der Waals surface area contributed by atoms with Crippen molar-refractivity contribution in [3.63, 3.8) is 0 Å². The van der Waals surface area contributed by atoms with E-state index >= 15 is 0 Å². The highest BCUT2D eigenvalue weighted by Crippen LogP contribution is 2.25. The van der Waals surface area contributed by atoms with Crippen LogP contribution in [0.15, 0.2) is 24.3 Å². The SMILES string of the molecule is CCN(C(=O)C(CCSC)NC(=O)OC(C)(C)C)C(C(=O)NC(C)C)c1ccc(O)cc1. The average molecular weight is 468 g/mol. The van der Waals surface area contributed by atoms with Crippen LogP contribution in [0.1, 0.15) is 59.6 Å². The van der Waals surface area contributed by atoms with Gasteiger partial charge in [0.2, 0.25) is 11.8 Å². The third-order valence-electron chi connectivity index (χ3n) is 4.42. The number of phenolic OH excluding ortho intramolecular Hbond substituents is 1. The van der Waals surface area contributed by atoms with Gasteiger partial charge in [-0.2, -0.15) is 11.8 Å². The second-order valence-electron chi connectivity index (χ2n) is 8.76. The van der Waals surface area contributed by atoms with Gasteiger partial charge in [-0.3, -0.25) is 9.59 Å². The number of carbonyl (C=O) groups is 3. The molecule has 0 aromatic heterocycles. The van der Waals surface area contributed by atoms with E-state index < -0.39 is 23.8 Å². The number of hydrogen-bond acceptors (Lipinski definition) is 6.